The molecule has 2 nitrogen and oxygen atoms in total. The Kier molecular flexibility index (Phi) is 4.04. The molecule has 1 heterocycles. The normalized spacial score (nSPS) is 16.8. The van der Waals surface area contributed by atoms with E-state index in [9.17, 15) is 4.39 Å². The third-order valence-electron chi connectivity index (χ3n) is 4.06. The van der Waals surface area contributed by atoms with Crippen molar-refractivity contribution in [2.75, 3.05) is 0 Å². The molecule has 0 amide bonds. The average Bonchev–Trinajstić information content (AvgIpc) is 3.19. The Hall–Kier alpha value is -0.610. The molecule has 1 aliphatic rings. The molecular weight excluding hydrogens is 343 g/mol. The standard InChI is InChI=1S/C15H17BrClFN2/c1-2-10(5-9-3-4-9)20-14-6-11(16)12(18)7-13(14)19-15(20)8-17/h6-7,9-10H,2-5,8H2,1H3. The van der Waals surface area contributed by atoms with E-state index < -0.39 is 0 Å². The van der Waals surface area contributed by atoms with Crippen molar-refractivity contribution < 1.29 is 4.39 Å². The Morgan fingerprint density at radius 3 is 2.85 bits per heavy atom. The van der Waals surface area contributed by atoms with Gasteiger partial charge in [-0.3, -0.25) is 0 Å². The zero-order valence-corrected chi connectivity index (χ0v) is 13.7. The van der Waals surface area contributed by atoms with Crippen molar-refractivity contribution in [2.45, 2.75) is 44.5 Å². The van der Waals surface area contributed by atoms with E-state index in [1.165, 1.54) is 25.3 Å². The molecule has 0 saturated heterocycles. The highest BCUT2D eigenvalue weighted by atomic mass is 79.9. The number of hydrogen-bond acceptors (Lipinski definition) is 1. The van der Waals surface area contributed by atoms with Gasteiger partial charge in [-0.15, -0.1) is 11.6 Å². The van der Waals surface area contributed by atoms with Gasteiger partial charge in [0.05, 0.1) is 21.4 Å². The van der Waals surface area contributed by atoms with Gasteiger partial charge in [0, 0.05) is 12.1 Å². The Morgan fingerprint density at radius 1 is 1.50 bits per heavy atom. The number of imidazole rings is 1. The van der Waals surface area contributed by atoms with Gasteiger partial charge in [-0.2, -0.15) is 0 Å². The summed E-state index contributed by atoms with van der Waals surface area (Å²) in [5.41, 5.74) is 1.66. The van der Waals surface area contributed by atoms with E-state index in [0.29, 0.717) is 21.9 Å². The first-order valence-electron chi connectivity index (χ1n) is 7.05. The van der Waals surface area contributed by atoms with Crippen LogP contribution in [-0.4, -0.2) is 9.55 Å². The number of nitrogens with zero attached hydrogens (tertiary/aromatic N) is 2. The zero-order chi connectivity index (χ0) is 14.3. The zero-order valence-electron chi connectivity index (χ0n) is 11.4. The number of alkyl halides is 1. The van der Waals surface area contributed by atoms with Gasteiger partial charge < -0.3 is 4.57 Å². The van der Waals surface area contributed by atoms with Gasteiger partial charge in [0.1, 0.15) is 11.6 Å². The third-order valence-corrected chi connectivity index (χ3v) is 4.91. The Labute approximate surface area is 131 Å². The van der Waals surface area contributed by atoms with Crippen LogP contribution in [0.1, 0.15) is 44.5 Å². The highest BCUT2D eigenvalue weighted by Crippen LogP contribution is 2.40. The first-order chi connectivity index (χ1) is 9.63. The first kappa shape index (κ1) is 14.3. The van der Waals surface area contributed by atoms with Crippen LogP contribution in [0, 0.1) is 11.7 Å². The molecule has 0 N–H and O–H groups in total. The summed E-state index contributed by atoms with van der Waals surface area (Å²) < 4.78 is 16.4. The molecule has 20 heavy (non-hydrogen) atoms. The molecular formula is C15H17BrClFN2. The van der Waals surface area contributed by atoms with Gasteiger partial charge >= 0.3 is 0 Å². The van der Waals surface area contributed by atoms with E-state index in [0.717, 1.165) is 23.7 Å². The van der Waals surface area contributed by atoms with Gasteiger partial charge in [-0.05, 0) is 40.8 Å². The average molecular weight is 360 g/mol. The van der Waals surface area contributed by atoms with Gasteiger partial charge in [-0.25, -0.2) is 9.37 Å². The fourth-order valence-corrected chi connectivity index (χ4v) is 3.35. The predicted octanol–water partition coefficient (Wildman–Crippen LogP) is 5.43. The quantitative estimate of drug-likeness (QED) is 0.651. The number of hydrogen-bond donors (Lipinski definition) is 0. The van der Waals surface area contributed by atoms with Crippen molar-refractivity contribution in [3.63, 3.8) is 0 Å². The predicted molar refractivity (Wildman–Crippen MR) is 83.6 cm³/mol. The van der Waals surface area contributed by atoms with E-state index in [-0.39, 0.29) is 5.82 Å². The molecule has 1 aromatic carbocycles. The van der Waals surface area contributed by atoms with Crippen LogP contribution in [0.2, 0.25) is 0 Å². The number of aromatic nitrogens is 2. The summed E-state index contributed by atoms with van der Waals surface area (Å²) in [5, 5.41) is 0. The van der Waals surface area contributed by atoms with Crippen LogP contribution >= 0.6 is 27.5 Å². The number of rotatable bonds is 5. The fourth-order valence-electron chi connectivity index (χ4n) is 2.83. The Morgan fingerprint density at radius 2 is 2.25 bits per heavy atom. The minimum Gasteiger partial charge on any atom is -0.324 e. The molecule has 1 aliphatic carbocycles. The molecule has 2 aromatic rings. The lowest BCUT2D eigenvalue weighted by Crippen LogP contribution is -2.12. The van der Waals surface area contributed by atoms with Gasteiger partial charge in [0.15, 0.2) is 0 Å². The van der Waals surface area contributed by atoms with Crippen molar-refractivity contribution in [3.05, 3.63) is 28.2 Å². The molecule has 1 atom stereocenters. The monoisotopic (exact) mass is 358 g/mol. The van der Waals surface area contributed by atoms with Crippen LogP contribution in [0.25, 0.3) is 11.0 Å². The summed E-state index contributed by atoms with van der Waals surface area (Å²) in [6, 6.07) is 3.71. The summed E-state index contributed by atoms with van der Waals surface area (Å²) in [4.78, 5) is 4.50. The SMILES string of the molecule is CCC(CC1CC1)n1c(CCl)nc2cc(F)c(Br)cc21. The third kappa shape index (κ3) is 2.60. The minimum absolute atomic E-state index is 0.279. The maximum absolute atomic E-state index is 13.7. The summed E-state index contributed by atoms with van der Waals surface area (Å²) in [6.07, 6.45) is 4.87. The molecule has 1 aromatic heterocycles. The second-order valence-corrected chi connectivity index (χ2v) is 6.65. The number of halogens is 3. The van der Waals surface area contributed by atoms with Gasteiger partial charge in [0.25, 0.3) is 0 Å². The molecule has 0 bridgehead atoms. The molecule has 1 fully saturated rings. The van der Waals surface area contributed by atoms with Crippen molar-refractivity contribution in [3.8, 4) is 0 Å². The maximum Gasteiger partial charge on any atom is 0.139 e. The summed E-state index contributed by atoms with van der Waals surface area (Å²) >= 11 is 9.31. The molecule has 0 radical (unpaired) electrons. The molecule has 0 spiro atoms. The lowest BCUT2D eigenvalue weighted by Gasteiger charge is -2.20. The smallest absolute Gasteiger partial charge is 0.139 e. The van der Waals surface area contributed by atoms with Crippen LogP contribution in [0.4, 0.5) is 4.39 Å². The first-order valence-corrected chi connectivity index (χ1v) is 8.38. The van der Waals surface area contributed by atoms with Crippen LogP contribution in [-0.2, 0) is 5.88 Å². The van der Waals surface area contributed by atoms with E-state index in [4.69, 9.17) is 11.6 Å². The topological polar surface area (TPSA) is 17.8 Å². The van der Waals surface area contributed by atoms with Crippen molar-refractivity contribution in [2.24, 2.45) is 5.92 Å². The van der Waals surface area contributed by atoms with Gasteiger partial charge in [-0.1, -0.05) is 19.8 Å². The van der Waals surface area contributed by atoms with Crippen molar-refractivity contribution in [1.29, 1.82) is 0 Å². The molecule has 5 heteroatoms. The highest BCUT2D eigenvalue weighted by molar-refractivity contribution is 9.10. The minimum atomic E-state index is -0.279. The summed E-state index contributed by atoms with van der Waals surface area (Å²) in [6.45, 7) is 2.19. The maximum atomic E-state index is 13.7. The van der Waals surface area contributed by atoms with Crippen LogP contribution in [0.3, 0.4) is 0 Å². The van der Waals surface area contributed by atoms with E-state index >= 15 is 0 Å². The van der Waals surface area contributed by atoms with E-state index in [2.05, 4.69) is 32.4 Å². The number of fused-ring (bicyclic) bond motifs is 1. The summed E-state index contributed by atoms with van der Waals surface area (Å²) in [5.74, 6) is 1.75. The second-order valence-electron chi connectivity index (χ2n) is 5.53. The summed E-state index contributed by atoms with van der Waals surface area (Å²) in [7, 11) is 0. The molecule has 0 aliphatic heterocycles. The largest absolute Gasteiger partial charge is 0.324 e. The second kappa shape index (κ2) is 5.64. The Balaban J connectivity index is 2.12. The Bertz CT molecular complexity index is 636. The lowest BCUT2D eigenvalue weighted by atomic mass is 10.1. The van der Waals surface area contributed by atoms with E-state index in [1.54, 1.807) is 0 Å². The number of benzene rings is 1. The van der Waals surface area contributed by atoms with Crippen molar-refractivity contribution in [1.82, 2.24) is 9.55 Å². The highest BCUT2D eigenvalue weighted by Gasteiger charge is 2.27. The fraction of sp³-hybridized carbons (Fsp3) is 0.533. The van der Waals surface area contributed by atoms with E-state index in [1.807, 2.05) is 6.07 Å². The molecule has 3 rings (SSSR count). The van der Waals surface area contributed by atoms with Crippen molar-refractivity contribution >= 4 is 38.6 Å². The van der Waals surface area contributed by atoms with Crippen LogP contribution in [0.5, 0.6) is 0 Å². The molecule has 1 unspecified atom stereocenters. The molecule has 1 saturated carbocycles. The van der Waals surface area contributed by atoms with Crippen LogP contribution in [0.15, 0.2) is 16.6 Å². The van der Waals surface area contributed by atoms with Crippen LogP contribution < -0.4 is 0 Å². The van der Waals surface area contributed by atoms with Gasteiger partial charge in [0.2, 0.25) is 0 Å². The molecule has 108 valence electrons. The lowest BCUT2D eigenvalue weighted by molar-refractivity contribution is 0.429.